The van der Waals surface area contributed by atoms with Crippen molar-refractivity contribution in [1.82, 2.24) is 4.90 Å². The Hall–Kier alpha value is -3.05. The second-order valence-electron chi connectivity index (χ2n) is 10.0. The number of nitrogens with zero attached hydrogens (tertiary/aromatic N) is 2. The highest BCUT2D eigenvalue weighted by Gasteiger charge is 2.59. The third-order valence-corrected chi connectivity index (χ3v) is 7.64. The number of rotatable bonds is 9. The van der Waals surface area contributed by atoms with E-state index in [0.717, 1.165) is 5.56 Å². The van der Waals surface area contributed by atoms with Crippen LogP contribution in [0.2, 0.25) is 0 Å². The van der Waals surface area contributed by atoms with Crippen molar-refractivity contribution in [1.29, 1.82) is 0 Å². The second kappa shape index (κ2) is 11.1. The molecule has 2 saturated carbocycles. The summed E-state index contributed by atoms with van der Waals surface area (Å²) < 4.78 is 10.6. The van der Waals surface area contributed by atoms with E-state index in [2.05, 4.69) is 5.16 Å². The van der Waals surface area contributed by atoms with Gasteiger partial charge in [0.25, 0.3) is 0 Å². The van der Waals surface area contributed by atoms with E-state index in [4.69, 9.17) is 14.0 Å². The van der Waals surface area contributed by atoms with Crippen molar-refractivity contribution in [2.45, 2.75) is 50.7 Å². The Balaban J connectivity index is 1.23. The SMILES string of the molecule is O=C1[C@H]2[C@H]3[C@H](O)[C@H](O)CC(=NOC[C@@H](O)COCc4ccco4)[C@H]3CC[C@H]2C(=O)N1Cc1ccccc1. The van der Waals surface area contributed by atoms with Gasteiger partial charge in [-0.1, -0.05) is 35.5 Å². The molecule has 2 aliphatic carbocycles. The van der Waals surface area contributed by atoms with Crippen LogP contribution in [-0.4, -0.2) is 69.3 Å². The monoisotopic (exact) mass is 512 g/mol. The van der Waals surface area contributed by atoms with E-state index in [1.165, 1.54) is 4.90 Å². The molecule has 1 aromatic carbocycles. The summed E-state index contributed by atoms with van der Waals surface area (Å²) in [5.74, 6) is -2.07. The molecule has 10 nitrogen and oxygen atoms in total. The minimum atomic E-state index is -1.15. The highest BCUT2D eigenvalue weighted by atomic mass is 16.6. The Bertz CT molecular complexity index is 1100. The van der Waals surface area contributed by atoms with Crippen LogP contribution in [-0.2, 0) is 32.3 Å². The Morgan fingerprint density at radius 1 is 1.03 bits per heavy atom. The van der Waals surface area contributed by atoms with E-state index < -0.39 is 36.1 Å². The van der Waals surface area contributed by atoms with E-state index in [1.54, 1.807) is 18.4 Å². The number of fused-ring (bicyclic) bond motifs is 3. The molecule has 0 spiro atoms. The van der Waals surface area contributed by atoms with Gasteiger partial charge in [0.15, 0.2) is 0 Å². The van der Waals surface area contributed by atoms with Crippen molar-refractivity contribution in [3.05, 3.63) is 60.1 Å². The molecule has 0 radical (unpaired) electrons. The number of hydrogen-bond acceptors (Lipinski definition) is 9. The first-order valence-corrected chi connectivity index (χ1v) is 12.7. The molecule has 10 heteroatoms. The van der Waals surface area contributed by atoms with Gasteiger partial charge in [0.05, 0.1) is 49.2 Å². The minimum Gasteiger partial charge on any atom is -0.467 e. The smallest absolute Gasteiger partial charge is 0.233 e. The number of ether oxygens (including phenoxy) is 1. The standard InChI is InChI=1S/C27H32N2O8/c30-17(13-35-15-18-7-4-10-36-18)14-37-28-21-11-22(31)25(32)23-19(21)8-9-20-24(23)27(34)29(26(20)33)12-16-5-2-1-3-6-16/h1-7,10,17,19-20,22-25,30-32H,8-9,11-15H2/t17-,19+,20+,22+,23-,24+,25+/m0/s1. The molecule has 5 rings (SSSR count). The van der Waals surface area contributed by atoms with Gasteiger partial charge < -0.3 is 29.3 Å². The highest BCUT2D eigenvalue weighted by Crippen LogP contribution is 2.49. The van der Waals surface area contributed by atoms with Crippen molar-refractivity contribution in [2.24, 2.45) is 28.8 Å². The van der Waals surface area contributed by atoms with Gasteiger partial charge in [-0.2, -0.15) is 0 Å². The first-order valence-electron chi connectivity index (χ1n) is 12.7. The van der Waals surface area contributed by atoms with Gasteiger partial charge in [-0.25, -0.2) is 0 Å². The minimum absolute atomic E-state index is 0.0244. The maximum Gasteiger partial charge on any atom is 0.233 e. The number of amides is 2. The zero-order valence-corrected chi connectivity index (χ0v) is 20.4. The van der Waals surface area contributed by atoms with E-state index in [1.807, 2.05) is 30.3 Å². The molecule has 198 valence electrons. The van der Waals surface area contributed by atoms with Crippen LogP contribution in [0.3, 0.4) is 0 Å². The molecule has 2 heterocycles. The van der Waals surface area contributed by atoms with Crippen LogP contribution in [0.4, 0.5) is 0 Å². The number of aliphatic hydroxyl groups is 3. The molecule has 0 unspecified atom stereocenters. The quantitative estimate of drug-likeness (QED) is 0.339. The number of benzene rings is 1. The molecule has 2 aromatic rings. The van der Waals surface area contributed by atoms with Gasteiger partial charge in [0.2, 0.25) is 11.8 Å². The molecule has 1 aliphatic heterocycles. The zero-order valence-electron chi connectivity index (χ0n) is 20.4. The molecular weight excluding hydrogens is 480 g/mol. The zero-order chi connectivity index (χ0) is 25.9. The number of hydrogen-bond donors (Lipinski definition) is 3. The van der Waals surface area contributed by atoms with Gasteiger partial charge >= 0.3 is 0 Å². The fourth-order valence-corrected chi connectivity index (χ4v) is 5.91. The summed E-state index contributed by atoms with van der Waals surface area (Å²) >= 11 is 0. The predicted octanol–water partition coefficient (Wildman–Crippen LogP) is 1.48. The summed E-state index contributed by atoms with van der Waals surface area (Å²) in [6.45, 7) is 0.317. The molecule has 2 amide bonds. The number of oxime groups is 1. The van der Waals surface area contributed by atoms with Gasteiger partial charge in [-0.15, -0.1) is 0 Å². The van der Waals surface area contributed by atoms with E-state index in [0.29, 0.717) is 24.3 Å². The van der Waals surface area contributed by atoms with Crippen LogP contribution < -0.4 is 0 Å². The number of aliphatic hydroxyl groups excluding tert-OH is 3. The van der Waals surface area contributed by atoms with E-state index in [-0.39, 0.29) is 50.5 Å². The van der Waals surface area contributed by atoms with Crippen molar-refractivity contribution < 1.29 is 38.9 Å². The van der Waals surface area contributed by atoms with Crippen LogP contribution in [0.1, 0.15) is 30.6 Å². The number of carbonyl (C=O) groups is 2. The molecule has 3 aliphatic rings. The molecule has 0 bridgehead atoms. The van der Waals surface area contributed by atoms with Gasteiger partial charge in [0, 0.05) is 18.3 Å². The Kier molecular flexibility index (Phi) is 7.71. The van der Waals surface area contributed by atoms with Crippen LogP contribution in [0.25, 0.3) is 0 Å². The Labute approximate surface area is 214 Å². The van der Waals surface area contributed by atoms with Gasteiger partial charge in [0.1, 0.15) is 25.1 Å². The highest BCUT2D eigenvalue weighted by molar-refractivity contribution is 6.06. The molecule has 37 heavy (non-hydrogen) atoms. The first kappa shape index (κ1) is 25.6. The number of likely N-dealkylation sites (tertiary alicyclic amines) is 1. The number of imide groups is 1. The summed E-state index contributed by atoms with van der Waals surface area (Å²) in [6.07, 6.45) is -0.523. The number of furan rings is 1. The van der Waals surface area contributed by atoms with Crippen molar-refractivity contribution >= 4 is 17.5 Å². The molecule has 7 atom stereocenters. The lowest BCUT2D eigenvalue weighted by molar-refractivity contribution is -0.142. The maximum absolute atomic E-state index is 13.4. The molecular formula is C27H32N2O8. The largest absolute Gasteiger partial charge is 0.467 e. The number of carbonyl (C=O) groups excluding carboxylic acids is 2. The average molecular weight is 513 g/mol. The predicted molar refractivity (Wildman–Crippen MR) is 130 cm³/mol. The normalized spacial score (nSPS) is 31.3. The molecule has 3 fully saturated rings. The summed E-state index contributed by atoms with van der Waals surface area (Å²) in [5, 5.41) is 35.9. The van der Waals surface area contributed by atoms with Crippen molar-refractivity contribution in [3.63, 3.8) is 0 Å². The molecule has 1 aromatic heterocycles. The summed E-state index contributed by atoms with van der Waals surface area (Å²) in [4.78, 5) is 33.3. The lowest BCUT2D eigenvalue weighted by Crippen LogP contribution is -2.54. The van der Waals surface area contributed by atoms with E-state index >= 15 is 0 Å². The van der Waals surface area contributed by atoms with Gasteiger partial charge in [-0.3, -0.25) is 14.5 Å². The third-order valence-electron chi connectivity index (χ3n) is 7.64. The summed E-state index contributed by atoms with van der Waals surface area (Å²) in [7, 11) is 0. The summed E-state index contributed by atoms with van der Waals surface area (Å²) in [5.41, 5.74) is 1.39. The molecule has 1 saturated heterocycles. The fraction of sp³-hybridized carbons (Fsp3) is 0.519. The Morgan fingerprint density at radius 3 is 2.57 bits per heavy atom. The lowest BCUT2D eigenvalue weighted by Gasteiger charge is -2.45. The van der Waals surface area contributed by atoms with Crippen LogP contribution in [0.15, 0.2) is 58.3 Å². The van der Waals surface area contributed by atoms with Crippen LogP contribution in [0.5, 0.6) is 0 Å². The van der Waals surface area contributed by atoms with Crippen LogP contribution in [0, 0.1) is 23.7 Å². The van der Waals surface area contributed by atoms with Crippen molar-refractivity contribution in [3.8, 4) is 0 Å². The van der Waals surface area contributed by atoms with Crippen molar-refractivity contribution in [2.75, 3.05) is 13.2 Å². The fourth-order valence-electron chi connectivity index (χ4n) is 5.91. The molecule has 3 N–H and O–H groups in total. The average Bonchev–Trinajstić information content (AvgIpc) is 3.50. The first-order chi connectivity index (χ1) is 17.9. The Morgan fingerprint density at radius 2 is 1.81 bits per heavy atom. The maximum atomic E-state index is 13.4. The topological polar surface area (TPSA) is 142 Å². The third kappa shape index (κ3) is 5.33. The van der Waals surface area contributed by atoms with Crippen LogP contribution >= 0.6 is 0 Å². The van der Waals surface area contributed by atoms with Gasteiger partial charge in [-0.05, 0) is 30.5 Å². The van der Waals surface area contributed by atoms with E-state index in [9.17, 15) is 24.9 Å². The lowest BCUT2D eigenvalue weighted by atomic mass is 9.60. The summed E-state index contributed by atoms with van der Waals surface area (Å²) in [6, 6.07) is 12.8. The second-order valence-corrected chi connectivity index (χ2v) is 10.0.